The first-order valence-corrected chi connectivity index (χ1v) is 8.66. The Morgan fingerprint density at radius 2 is 1.54 bits per heavy atom. The van der Waals surface area contributed by atoms with Crippen LogP contribution < -0.4 is 4.74 Å². The first-order valence-electron chi connectivity index (χ1n) is 8.66. The summed E-state index contributed by atoms with van der Waals surface area (Å²) in [6.07, 6.45) is 0. The molecule has 3 rings (SSSR count). The molecule has 8 heteroatoms. The zero-order valence-corrected chi connectivity index (χ0v) is 15.3. The number of hydrogen-bond donors (Lipinski definition) is 0. The summed E-state index contributed by atoms with van der Waals surface area (Å²) in [5.41, 5.74) is 0.291. The highest BCUT2D eigenvalue weighted by molar-refractivity contribution is 6.44. The van der Waals surface area contributed by atoms with Crippen molar-refractivity contribution in [2.75, 3.05) is 6.54 Å². The maximum absolute atomic E-state index is 14.3. The number of rotatable bonds is 6. The monoisotopic (exact) mass is 388 g/mol. The van der Waals surface area contributed by atoms with E-state index in [2.05, 4.69) is 0 Å². The van der Waals surface area contributed by atoms with Crippen LogP contribution in [0, 0.1) is 17.6 Å². The summed E-state index contributed by atoms with van der Waals surface area (Å²) in [6.45, 7) is 3.51. The molecule has 4 amide bonds. The van der Waals surface area contributed by atoms with Crippen LogP contribution in [-0.2, 0) is 16.1 Å². The van der Waals surface area contributed by atoms with Gasteiger partial charge in [-0.25, -0.2) is 13.6 Å². The minimum absolute atomic E-state index is 0.00732. The summed E-state index contributed by atoms with van der Waals surface area (Å²) in [5, 5.41) is 0. The Labute approximate surface area is 160 Å². The zero-order chi connectivity index (χ0) is 20.4. The summed E-state index contributed by atoms with van der Waals surface area (Å²) in [6, 6.07) is 8.64. The van der Waals surface area contributed by atoms with Crippen molar-refractivity contribution in [2.45, 2.75) is 20.4 Å². The Balaban J connectivity index is 1.76. The smallest absolute Gasteiger partial charge is 0.334 e. The van der Waals surface area contributed by atoms with Gasteiger partial charge in [-0.3, -0.25) is 19.4 Å². The van der Waals surface area contributed by atoms with Crippen molar-refractivity contribution in [3.05, 3.63) is 59.7 Å². The molecule has 1 aliphatic heterocycles. The third-order valence-electron chi connectivity index (χ3n) is 4.08. The van der Waals surface area contributed by atoms with Gasteiger partial charge in [0.2, 0.25) is 0 Å². The third kappa shape index (κ3) is 3.85. The Bertz CT molecular complexity index is 946. The van der Waals surface area contributed by atoms with E-state index < -0.39 is 29.5 Å². The van der Waals surface area contributed by atoms with Crippen molar-refractivity contribution in [3.63, 3.8) is 0 Å². The Kier molecular flexibility index (Phi) is 5.39. The number of para-hydroxylation sites is 1. The van der Waals surface area contributed by atoms with Gasteiger partial charge in [0.1, 0.15) is 0 Å². The van der Waals surface area contributed by atoms with Crippen LogP contribution >= 0.6 is 0 Å². The number of imide groups is 2. The minimum Gasteiger partial charge on any atom is -0.451 e. The highest BCUT2D eigenvalue weighted by Gasteiger charge is 2.44. The molecule has 146 valence electrons. The van der Waals surface area contributed by atoms with Crippen LogP contribution in [0.15, 0.2) is 42.5 Å². The fraction of sp³-hybridized carbons (Fsp3) is 0.250. The normalized spacial score (nSPS) is 14.4. The van der Waals surface area contributed by atoms with Gasteiger partial charge in [-0.05, 0) is 35.7 Å². The van der Waals surface area contributed by atoms with E-state index in [1.54, 1.807) is 6.07 Å². The number of urea groups is 1. The number of carbonyl (C=O) groups excluding carboxylic acids is 3. The van der Waals surface area contributed by atoms with Crippen LogP contribution in [0.25, 0.3) is 0 Å². The van der Waals surface area contributed by atoms with Crippen molar-refractivity contribution in [2.24, 2.45) is 5.92 Å². The van der Waals surface area contributed by atoms with Gasteiger partial charge in [0.15, 0.2) is 23.1 Å². The summed E-state index contributed by atoms with van der Waals surface area (Å²) in [7, 11) is 0. The van der Waals surface area contributed by atoms with E-state index in [1.807, 2.05) is 13.8 Å². The number of ether oxygens (including phenoxy) is 1. The molecule has 0 spiro atoms. The van der Waals surface area contributed by atoms with Crippen LogP contribution in [0.2, 0.25) is 0 Å². The van der Waals surface area contributed by atoms with E-state index in [4.69, 9.17) is 4.74 Å². The standard InChI is InChI=1S/C20H18F2N2O4/c1-12(2)10-23-18(25)19(26)24(20(23)27)11-13-7-8-17(15(22)9-13)28-16-6-4-3-5-14(16)21/h3-9,12H,10-11H2,1-2H3. The van der Waals surface area contributed by atoms with Crippen LogP contribution in [0.3, 0.4) is 0 Å². The quantitative estimate of drug-likeness (QED) is 0.559. The van der Waals surface area contributed by atoms with Crippen LogP contribution in [-0.4, -0.2) is 34.2 Å². The van der Waals surface area contributed by atoms with Crippen molar-refractivity contribution in [1.82, 2.24) is 9.80 Å². The highest BCUT2D eigenvalue weighted by Crippen LogP contribution is 2.28. The lowest BCUT2D eigenvalue weighted by atomic mass is 10.2. The lowest BCUT2D eigenvalue weighted by Crippen LogP contribution is -2.35. The van der Waals surface area contributed by atoms with Gasteiger partial charge in [-0.2, -0.15) is 0 Å². The molecule has 0 saturated carbocycles. The Hall–Kier alpha value is -3.29. The second kappa shape index (κ2) is 7.75. The summed E-state index contributed by atoms with van der Waals surface area (Å²) < 4.78 is 33.2. The molecule has 1 aliphatic rings. The predicted molar refractivity (Wildman–Crippen MR) is 95.4 cm³/mol. The fourth-order valence-electron chi connectivity index (χ4n) is 2.77. The van der Waals surface area contributed by atoms with Gasteiger partial charge < -0.3 is 4.74 Å². The van der Waals surface area contributed by atoms with Crippen molar-refractivity contribution < 1.29 is 27.9 Å². The lowest BCUT2D eigenvalue weighted by molar-refractivity contribution is -0.143. The van der Waals surface area contributed by atoms with Crippen molar-refractivity contribution in [3.8, 4) is 11.5 Å². The van der Waals surface area contributed by atoms with E-state index in [1.165, 1.54) is 30.3 Å². The molecule has 6 nitrogen and oxygen atoms in total. The van der Waals surface area contributed by atoms with Crippen molar-refractivity contribution >= 4 is 17.8 Å². The van der Waals surface area contributed by atoms with Crippen LogP contribution in [0.4, 0.5) is 13.6 Å². The molecule has 0 aliphatic carbocycles. The van der Waals surface area contributed by atoms with Gasteiger partial charge >= 0.3 is 17.8 Å². The predicted octanol–water partition coefficient (Wildman–Crippen LogP) is 3.70. The molecule has 0 N–H and O–H groups in total. The van der Waals surface area contributed by atoms with E-state index in [0.29, 0.717) is 5.56 Å². The molecular formula is C20H18F2N2O4. The summed E-state index contributed by atoms with van der Waals surface area (Å²) in [5.74, 6) is -3.59. The van der Waals surface area contributed by atoms with Gasteiger partial charge in [0.05, 0.1) is 6.54 Å². The first-order chi connectivity index (χ1) is 13.3. The summed E-state index contributed by atoms with van der Waals surface area (Å²) >= 11 is 0. The lowest BCUT2D eigenvalue weighted by Gasteiger charge is -2.17. The van der Waals surface area contributed by atoms with Crippen LogP contribution in [0.5, 0.6) is 11.5 Å². The maximum Gasteiger partial charge on any atom is 0.334 e. The molecule has 1 fully saturated rings. The summed E-state index contributed by atoms with van der Waals surface area (Å²) in [4.78, 5) is 38.1. The van der Waals surface area contributed by atoms with E-state index in [9.17, 15) is 23.2 Å². The molecule has 1 saturated heterocycles. The number of amides is 4. The molecular weight excluding hydrogens is 370 g/mol. The second-order valence-electron chi connectivity index (χ2n) is 6.78. The molecule has 28 heavy (non-hydrogen) atoms. The van der Waals surface area contributed by atoms with Gasteiger partial charge in [0, 0.05) is 6.54 Å². The Morgan fingerprint density at radius 3 is 2.18 bits per heavy atom. The van der Waals surface area contributed by atoms with Crippen LogP contribution in [0.1, 0.15) is 19.4 Å². The number of hydrogen-bond acceptors (Lipinski definition) is 4. The average molecular weight is 388 g/mol. The first kappa shape index (κ1) is 19.5. The molecule has 2 aromatic rings. The Morgan fingerprint density at radius 1 is 0.893 bits per heavy atom. The molecule has 0 bridgehead atoms. The minimum atomic E-state index is -0.947. The average Bonchev–Trinajstić information content (AvgIpc) is 2.83. The SMILES string of the molecule is CC(C)CN1C(=O)C(=O)N(Cc2ccc(Oc3ccccc3F)c(F)c2)C1=O. The fourth-order valence-corrected chi connectivity index (χ4v) is 2.77. The zero-order valence-electron chi connectivity index (χ0n) is 15.3. The van der Waals surface area contributed by atoms with Gasteiger partial charge in [-0.15, -0.1) is 0 Å². The van der Waals surface area contributed by atoms with E-state index in [0.717, 1.165) is 15.9 Å². The second-order valence-corrected chi connectivity index (χ2v) is 6.78. The highest BCUT2D eigenvalue weighted by atomic mass is 19.1. The largest absolute Gasteiger partial charge is 0.451 e. The maximum atomic E-state index is 14.3. The molecule has 0 radical (unpaired) electrons. The number of nitrogens with zero attached hydrogens (tertiary/aromatic N) is 2. The third-order valence-corrected chi connectivity index (χ3v) is 4.08. The van der Waals surface area contributed by atoms with E-state index in [-0.39, 0.29) is 30.5 Å². The van der Waals surface area contributed by atoms with Gasteiger partial charge in [-0.1, -0.05) is 32.0 Å². The van der Waals surface area contributed by atoms with Gasteiger partial charge in [0.25, 0.3) is 0 Å². The molecule has 0 aromatic heterocycles. The van der Waals surface area contributed by atoms with Crippen molar-refractivity contribution in [1.29, 1.82) is 0 Å². The topological polar surface area (TPSA) is 66.9 Å². The number of benzene rings is 2. The van der Waals surface area contributed by atoms with E-state index >= 15 is 0 Å². The molecule has 0 unspecified atom stereocenters. The molecule has 0 atom stereocenters. The number of carbonyl (C=O) groups is 3. The molecule has 1 heterocycles. The molecule has 2 aromatic carbocycles. The number of halogens is 2.